The molecule has 1 unspecified atom stereocenters. The van der Waals surface area contributed by atoms with E-state index in [1.165, 1.54) is 0 Å². The highest BCUT2D eigenvalue weighted by molar-refractivity contribution is 9.10. The third-order valence-corrected chi connectivity index (χ3v) is 3.83. The number of hydrogen-bond donors (Lipinski definition) is 1. The van der Waals surface area contributed by atoms with Gasteiger partial charge in [-0.05, 0) is 46.0 Å². The quantitative estimate of drug-likeness (QED) is 0.873. The smallest absolute Gasteiger partial charge is 0.271 e. The second kappa shape index (κ2) is 7.36. The van der Waals surface area contributed by atoms with Crippen LogP contribution in [0.15, 0.2) is 53.1 Å². The normalized spacial score (nSPS) is 12.2. The van der Waals surface area contributed by atoms with Crippen molar-refractivity contribution in [3.63, 3.8) is 0 Å². The van der Waals surface area contributed by atoms with Gasteiger partial charge in [0.25, 0.3) is 5.91 Å². The molecule has 0 saturated carbocycles. The summed E-state index contributed by atoms with van der Waals surface area (Å²) in [7, 11) is 0. The number of amides is 1. The lowest BCUT2D eigenvalue weighted by atomic mass is 9.97. The molecule has 0 bridgehead atoms. The predicted octanol–water partition coefficient (Wildman–Crippen LogP) is 4.36. The summed E-state index contributed by atoms with van der Waals surface area (Å²) < 4.78 is 0.707. The van der Waals surface area contributed by atoms with Crippen LogP contribution in [0.4, 0.5) is 0 Å². The Balaban J connectivity index is 2.19. The van der Waals surface area contributed by atoms with Gasteiger partial charge in [-0.1, -0.05) is 44.2 Å². The molecular formula is C17H19BrN2O. The van der Waals surface area contributed by atoms with Gasteiger partial charge in [0.2, 0.25) is 0 Å². The van der Waals surface area contributed by atoms with Crippen molar-refractivity contribution in [2.24, 2.45) is 5.92 Å². The predicted molar refractivity (Wildman–Crippen MR) is 88.0 cm³/mol. The van der Waals surface area contributed by atoms with Gasteiger partial charge < -0.3 is 5.32 Å². The number of pyridine rings is 1. The van der Waals surface area contributed by atoms with E-state index in [9.17, 15) is 4.79 Å². The number of rotatable bonds is 5. The van der Waals surface area contributed by atoms with E-state index < -0.39 is 0 Å². The van der Waals surface area contributed by atoms with E-state index in [2.05, 4.69) is 40.1 Å². The SMILES string of the molecule is CC(C)CC(NC(=O)c1ncccc1Br)c1ccccc1. The molecule has 0 aliphatic heterocycles. The zero-order valence-corrected chi connectivity index (χ0v) is 13.8. The number of nitrogens with one attached hydrogen (secondary N) is 1. The molecular weight excluding hydrogens is 328 g/mol. The highest BCUT2D eigenvalue weighted by Gasteiger charge is 2.19. The molecule has 0 aliphatic carbocycles. The van der Waals surface area contributed by atoms with E-state index in [4.69, 9.17) is 0 Å². The van der Waals surface area contributed by atoms with Gasteiger partial charge in [-0.15, -0.1) is 0 Å². The summed E-state index contributed by atoms with van der Waals surface area (Å²) in [5.74, 6) is 0.333. The Morgan fingerprint density at radius 3 is 2.52 bits per heavy atom. The second-order valence-electron chi connectivity index (χ2n) is 5.40. The van der Waals surface area contributed by atoms with Crippen LogP contribution in [-0.4, -0.2) is 10.9 Å². The Morgan fingerprint density at radius 1 is 1.19 bits per heavy atom. The van der Waals surface area contributed by atoms with Crippen LogP contribution in [0.3, 0.4) is 0 Å². The maximum Gasteiger partial charge on any atom is 0.271 e. The molecule has 1 N–H and O–H groups in total. The minimum Gasteiger partial charge on any atom is -0.344 e. The highest BCUT2D eigenvalue weighted by Crippen LogP contribution is 2.22. The fraction of sp³-hybridized carbons (Fsp3) is 0.294. The van der Waals surface area contributed by atoms with Crippen LogP contribution in [0.2, 0.25) is 0 Å². The van der Waals surface area contributed by atoms with Crippen molar-refractivity contribution >= 4 is 21.8 Å². The van der Waals surface area contributed by atoms with Crippen LogP contribution < -0.4 is 5.32 Å². The Kier molecular flexibility index (Phi) is 5.51. The van der Waals surface area contributed by atoms with Crippen molar-refractivity contribution in [3.8, 4) is 0 Å². The maximum atomic E-state index is 12.4. The maximum absolute atomic E-state index is 12.4. The number of carbonyl (C=O) groups excluding carboxylic acids is 1. The summed E-state index contributed by atoms with van der Waals surface area (Å²) in [6.45, 7) is 4.30. The minimum atomic E-state index is -0.156. The Morgan fingerprint density at radius 2 is 1.90 bits per heavy atom. The van der Waals surface area contributed by atoms with Gasteiger partial charge in [-0.3, -0.25) is 4.79 Å². The lowest BCUT2D eigenvalue weighted by molar-refractivity contribution is 0.0926. The first-order valence-electron chi connectivity index (χ1n) is 7.04. The number of aromatic nitrogens is 1. The summed E-state index contributed by atoms with van der Waals surface area (Å²) in [6, 6.07) is 13.7. The van der Waals surface area contributed by atoms with Crippen LogP contribution in [0.1, 0.15) is 42.4 Å². The van der Waals surface area contributed by atoms with Crippen molar-refractivity contribution in [2.75, 3.05) is 0 Å². The molecule has 2 rings (SSSR count). The summed E-state index contributed by atoms with van der Waals surface area (Å²) in [5.41, 5.74) is 1.54. The van der Waals surface area contributed by atoms with E-state index in [0.717, 1.165) is 12.0 Å². The van der Waals surface area contributed by atoms with Crippen LogP contribution in [-0.2, 0) is 0 Å². The molecule has 0 saturated heterocycles. The van der Waals surface area contributed by atoms with Crippen LogP contribution in [0, 0.1) is 5.92 Å². The summed E-state index contributed by atoms with van der Waals surface area (Å²) >= 11 is 3.37. The summed E-state index contributed by atoms with van der Waals surface area (Å²) in [4.78, 5) is 16.6. The van der Waals surface area contributed by atoms with Crippen molar-refractivity contribution in [2.45, 2.75) is 26.3 Å². The first kappa shape index (κ1) is 15.7. The van der Waals surface area contributed by atoms with E-state index in [-0.39, 0.29) is 11.9 Å². The summed E-state index contributed by atoms with van der Waals surface area (Å²) in [6.07, 6.45) is 2.51. The highest BCUT2D eigenvalue weighted by atomic mass is 79.9. The second-order valence-corrected chi connectivity index (χ2v) is 6.25. The van der Waals surface area contributed by atoms with E-state index in [0.29, 0.717) is 16.1 Å². The van der Waals surface area contributed by atoms with Gasteiger partial charge in [0.05, 0.1) is 6.04 Å². The Bertz CT molecular complexity index is 599. The molecule has 2 aromatic rings. The number of hydrogen-bond acceptors (Lipinski definition) is 2. The minimum absolute atomic E-state index is 0.00685. The van der Waals surface area contributed by atoms with Crippen molar-refractivity contribution in [3.05, 3.63) is 64.4 Å². The molecule has 1 amide bonds. The van der Waals surface area contributed by atoms with Crippen molar-refractivity contribution in [1.82, 2.24) is 10.3 Å². The molecule has 0 aliphatic rings. The van der Waals surface area contributed by atoms with Crippen molar-refractivity contribution in [1.29, 1.82) is 0 Å². The molecule has 1 aromatic carbocycles. The lowest BCUT2D eigenvalue weighted by Gasteiger charge is -2.21. The zero-order chi connectivity index (χ0) is 15.2. The van der Waals surface area contributed by atoms with Gasteiger partial charge in [0.15, 0.2) is 0 Å². The Hall–Kier alpha value is -1.68. The van der Waals surface area contributed by atoms with Crippen LogP contribution in [0.5, 0.6) is 0 Å². The van der Waals surface area contributed by atoms with Gasteiger partial charge in [0.1, 0.15) is 5.69 Å². The van der Waals surface area contributed by atoms with E-state index in [1.54, 1.807) is 12.3 Å². The standard InChI is InChI=1S/C17H19BrN2O/c1-12(2)11-15(13-7-4-3-5-8-13)20-17(21)16-14(18)9-6-10-19-16/h3-10,12,15H,11H2,1-2H3,(H,20,21). The third-order valence-electron chi connectivity index (χ3n) is 3.19. The van der Waals surface area contributed by atoms with Gasteiger partial charge in [-0.2, -0.15) is 0 Å². The lowest BCUT2D eigenvalue weighted by Crippen LogP contribution is -2.30. The first-order chi connectivity index (χ1) is 10.1. The molecule has 1 heterocycles. The van der Waals surface area contributed by atoms with Crippen LogP contribution >= 0.6 is 15.9 Å². The number of benzene rings is 1. The Labute approximate surface area is 133 Å². The number of carbonyl (C=O) groups is 1. The number of nitrogens with zero attached hydrogens (tertiary/aromatic N) is 1. The molecule has 0 fully saturated rings. The molecule has 110 valence electrons. The average molecular weight is 347 g/mol. The largest absolute Gasteiger partial charge is 0.344 e. The summed E-state index contributed by atoms with van der Waals surface area (Å²) in [5, 5.41) is 3.09. The van der Waals surface area contributed by atoms with Crippen molar-refractivity contribution < 1.29 is 4.79 Å². The molecule has 0 spiro atoms. The van der Waals surface area contributed by atoms with Gasteiger partial charge >= 0.3 is 0 Å². The number of halogens is 1. The fourth-order valence-electron chi connectivity index (χ4n) is 2.21. The molecule has 1 aromatic heterocycles. The molecule has 4 heteroatoms. The fourth-order valence-corrected chi connectivity index (χ4v) is 2.65. The molecule has 3 nitrogen and oxygen atoms in total. The monoisotopic (exact) mass is 346 g/mol. The topological polar surface area (TPSA) is 42.0 Å². The van der Waals surface area contributed by atoms with Gasteiger partial charge in [-0.25, -0.2) is 4.98 Å². The molecule has 21 heavy (non-hydrogen) atoms. The zero-order valence-electron chi connectivity index (χ0n) is 12.2. The first-order valence-corrected chi connectivity index (χ1v) is 7.83. The van der Waals surface area contributed by atoms with E-state index in [1.807, 2.05) is 36.4 Å². The van der Waals surface area contributed by atoms with Gasteiger partial charge in [0, 0.05) is 10.7 Å². The average Bonchev–Trinajstić information content (AvgIpc) is 2.47. The third kappa shape index (κ3) is 4.39. The van der Waals surface area contributed by atoms with E-state index >= 15 is 0 Å². The molecule has 0 radical (unpaired) electrons. The molecule has 1 atom stereocenters. The van der Waals surface area contributed by atoms with Crippen LogP contribution in [0.25, 0.3) is 0 Å².